The van der Waals surface area contributed by atoms with Crippen molar-refractivity contribution >= 4 is 46.2 Å². The first-order valence-electron chi connectivity index (χ1n) is 9.21. The van der Waals surface area contributed by atoms with Crippen molar-refractivity contribution in [1.29, 1.82) is 0 Å². The first-order chi connectivity index (χ1) is 14.6. The molecule has 1 aromatic heterocycles. The monoisotopic (exact) mass is 422 g/mol. The standard InChI is InChI=1S/C20H18N6O3S/c27-17-10-9-16(23-24-17)19(29)26-25-18(28)13-7-5-12(6-8-13)11-30-20-21-14-3-1-2-4-15(14)22-20/h1-8H,9-11H2,(H,21,22)(H,24,27)(H,25,28)(H,26,29). The Morgan fingerprint density at radius 1 is 1.00 bits per heavy atom. The van der Waals surface area contributed by atoms with Gasteiger partial charge in [-0.25, -0.2) is 10.4 Å². The first-order valence-corrected chi connectivity index (χ1v) is 10.2. The van der Waals surface area contributed by atoms with Crippen molar-refractivity contribution in [2.24, 2.45) is 5.10 Å². The Kier molecular flexibility index (Phi) is 5.75. The van der Waals surface area contributed by atoms with Crippen LogP contribution in [0.4, 0.5) is 0 Å². The second-order valence-electron chi connectivity index (χ2n) is 6.55. The summed E-state index contributed by atoms with van der Waals surface area (Å²) in [5.74, 6) is -0.541. The lowest BCUT2D eigenvalue weighted by atomic mass is 10.1. The molecule has 0 spiro atoms. The van der Waals surface area contributed by atoms with Gasteiger partial charge in [0.15, 0.2) is 5.16 Å². The summed E-state index contributed by atoms with van der Waals surface area (Å²) in [5, 5.41) is 4.51. The molecule has 9 nitrogen and oxygen atoms in total. The lowest BCUT2D eigenvalue weighted by Crippen LogP contribution is -2.46. The SMILES string of the molecule is O=C1CCC(C(=O)NNC(=O)c2ccc(CSc3nc4ccccc4[nH]3)cc2)=NN1. The third kappa shape index (κ3) is 4.66. The van der Waals surface area contributed by atoms with E-state index in [1.807, 2.05) is 36.4 Å². The lowest BCUT2D eigenvalue weighted by molar-refractivity contribution is -0.121. The molecule has 4 rings (SSSR count). The number of para-hydroxylation sites is 2. The molecule has 2 heterocycles. The minimum atomic E-state index is -0.554. The summed E-state index contributed by atoms with van der Waals surface area (Å²) < 4.78 is 0. The Hall–Kier alpha value is -3.66. The second kappa shape index (κ2) is 8.78. The molecule has 0 atom stereocenters. The van der Waals surface area contributed by atoms with Crippen molar-refractivity contribution in [3.05, 3.63) is 59.7 Å². The number of hydrogen-bond donors (Lipinski definition) is 4. The highest BCUT2D eigenvalue weighted by atomic mass is 32.2. The van der Waals surface area contributed by atoms with Gasteiger partial charge in [0.2, 0.25) is 5.91 Å². The van der Waals surface area contributed by atoms with Gasteiger partial charge in [-0.05, 0) is 29.8 Å². The molecule has 3 aromatic rings. The van der Waals surface area contributed by atoms with Crippen molar-refractivity contribution in [1.82, 2.24) is 26.2 Å². The van der Waals surface area contributed by atoms with Crippen molar-refractivity contribution < 1.29 is 14.4 Å². The molecular weight excluding hydrogens is 404 g/mol. The predicted octanol–water partition coefficient (Wildman–Crippen LogP) is 1.88. The molecule has 0 fully saturated rings. The Labute approximate surface area is 175 Å². The molecule has 0 saturated heterocycles. The van der Waals surface area contributed by atoms with Crippen LogP contribution in [0.2, 0.25) is 0 Å². The van der Waals surface area contributed by atoms with Crippen LogP contribution in [0.15, 0.2) is 58.8 Å². The number of carbonyl (C=O) groups is 3. The van der Waals surface area contributed by atoms with E-state index in [9.17, 15) is 14.4 Å². The van der Waals surface area contributed by atoms with Crippen LogP contribution in [0.1, 0.15) is 28.8 Å². The van der Waals surface area contributed by atoms with Crippen LogP contribution >= 0.6 is 11.8 Å². The van der Waals surface area contributed by atoms with Gasteiger partial charge < -0.3 is 4.98 Å². The van der Waals surface area contributed by atoms with Crippen molar-refractivity contribution in [2.75, 3.05) is 0 Å². The molecule has 2 aromatic carbocycles. The summed E-state index contributed by atoms with van der Waals surface area (Å²) in [7, 11) is 0. The van der Waals surface area contributed by atoms with E-state index in [0.29, 0.717) is 11.3 Å². The summed E-state index contributed by atoms with van der Waals surface area (Å²) in [4.78, 5) is 43.0. The van der Waals surface area contributed by atoms with E-state index < -0.39 is 11.8 Å². The van der Waals surface area contributed by atoms with Crippen LogP contribution in [0, 0.1) is 0 Å². The normalized spacial score (nSPS) is 13.5. The number of carbonyl (C=O) groups excluding carboxylic acids is 3. The molecule has 0 saturated carbocycles. The fourth-order valence-electron chi connectivity index (χ4n) is 2.80. The molecule has 3 amide bonds. The maximum absolute atomic E-state index is 12.2. The van der Waals surface area contributed by atoms with Gasteiger partial charge in [-0.1, -0.05) is 36.0 Å². The van der Waals surface area contributed by atoms with Crippen molar-refractivity contribution in [3.8, 4) is 0 Å². The highest BCUT2D eigenvalue weighted by Gasteiger charge is 2.18. The third-order valence-corrected chi connectivity index (χ3v) is 5.36. The number of thioether (sulfide) groups is 1. The fourth-order valence-corrected chi connectivity index (χ4v) is 3.64. The minimum absolute atomic E-state index is 0.160. The number of imidazole rings is 1. The number of rotatable bonds is 5. The maximum Gasteiger partial charge on any atom is 0.285 e. The molecule has 1 aliphatic heterocycles. The average molecular weight is 422 g/mol. The number of aromatic nitrogens is 2. The largest absolute Gasteiger partial charge is 0.333 e. The Bertz CT molecular complexity index is 1110. The highest BCUT2D eigenvalue weighted by Crippen LogP contribution is 2.23. The number of H-pyrrole nitrogens is 1. The number of fused-ring (bicyclic) bond motifs is 1. The van der Waals surface area contributed by atoms with Crippen molar-refractivity contribution in [2.45, 2.75) is 23.8 Å². The van der Waals surface area contributed by atoms with Gasteiger partial charge >= 0.3 is 0 Å². The fraction of sp³-hybridized carbons (Fsp3) is 0.150. The smallest absolute Gasteiger partial charge is 0.285 e. The molecule has 30 heavy (non-hydrogen) atoms. The van der Waals surface area contributed by atoms with E-state index in [-0.39, 0.29) is 24.5 Å². The van der Waals surface area contributed by atoms with Crippen LogP contribution in [0.25, 0.3) is 11.0 Å². The number of nitrogens with one attached hydrogen (secondary N) is 4. The summed E-state index contributed by atoms with van der Waals surface area (Å²) in [6.07, 6.45) is 0.416. The molecule has 10 heteroatoms. The van der Waals surface area contributed by atoms with Gasteiger partial charge in [0.05, 0.1) is 11.0 Å². The molecule has 4 N–H and O–H groups in total. The number of benzene rings is 2. The van der Waals surface area contributed by atoms with E-state index in [1.165, 1.54) is 0 Å². The summed E-state index contributed by atoms with van der Waals surface area (Å²) >= 11 is 1.58. The first kappa shape index (κ1) is 19.6. The molecule has 1 aliphatic rings. The zero-order valence-corrected chi connectivity index (χ0v) is 16.6. The lowest BCUT2D eigenvalue weighted by Gasteiger charge is -2.12. The van der Waals surface area contributed by atoms with Gasteiger partial charge in [0.1, 0.15) is 5.71 Å². The maximum atomic E-state index is 12.2. The van der Waals surface area contributed by atoms with Gasteiger partial charge in [0.25, 0.3) is 11.8 Å². The zero-order chi connectivity index (χ0) is 20.9. The molecule has 0 aliphatic carbocycles. The molecule has 152 valence electrons. The van der Waals surface area contributed by atoms with Crippen LogP contribution in [0.5, 0.6) is 0 Å². The summed E-state index contributed by atoms with van der Waals surface area (Å²) in [5.41, 5.74) is 10.4. The van der Waals surface area contributed by atoms with E-state index in [4.69, 9.17) is 0 Å². The quantitative estimate of drug-likeness (QED) is 0.369. The van der Waals surface area contributed by atoms with E-state index in [2.05, 4.69) is 31.3 Å². The molecule has 0 unspecified atom stereocenters. The predicted molar refractivity (Wildman–Crippen MR) is 113 cm³/mol. The topological polar surface area (TPSA) is 128 Å². The Morgan fingerprint density at radius 3 is 2.50 bits per heavy atom. The van der Waals surface area contributed by atoms with Crippen LogP contribution in [-0.4, -0.2) is 33.4 Å². The zero-order valence-electron chi connectivity index (χ0n) is 15.8. The number of nitrogens with zero attached hydrogens (tertiary/aromatic N) is 2. The minimum Gasteiger partial charge on any atom is -0.333 e. The number of hydrogen-bond acceptors (Lipinski definition) is 6. The van der Waals surface area contributed by atoms with E-state index >= 15 is 0 Å². The highest BCUT2D eigenvalue weighted by molar-refractivity contribution is 7.98. The molecular formula is C20H18N6O3S. The number of amides is 3. The van der Waals surface area contributed by atoms with E-state index in [1.54, 1.807) is 23.9 Å². The van der Waals surface area contributed by atoms with Crippen LogP contribution < -0.4 is 16.3 Å². The summed E-state index contributed by atoms with van der Waals surface area (Å²) in [6.45, 7) is 0. The molecule has 0 radical (unpaired) electrons. The summed E-state index contributed by atoms with van der Waals surface area (Å²) in [6, 6.07) is 14.9. The van der Waals surface area contributed by atoms with Gasteiger partial charge in [-0.3, -0.25) is 25.2 Å². The second-order valence-corrected chi connectivity index (χ2v) is 7.51. The van der Waals surface area contributed by atoms with Crippen LogP contribution in [-0.2, 0) is 15.3 Å². The Morgan fingerprint density at radius 2 is 1.77 bits per heavy atom. The van der Waals surface area contributed by atoms with Crippen LogP contribution in [0.3, 0.4) is 0 Å². The Balaban J connectivity index is 1.28. The molecule has 0 bridgehead atoms. The van der Waals surface area contributed by atoms with Gasteiger partial charge in [-0.2, -0.15) is 5.10 Å². The number of hydrazone groups is 1. The van der Waals surface area contributed by atoms with Crippen molar-refractivity contribution in [3.63, 3.8) is 0 Å². The third-order valence-electron chi connectivity index (χ3n) is 4.42. The number of aromatic amines is 1. The number of hydrazine groups is 1. The average Bonchev–Trinajstić information content (AvgIpc) is 3.20. The van der Waals surface area contributed by atoms with E-state index in [0.717, 1.165) is 21.8 Å². The van der Waals surface area contributed by atoms with Gasteiger partial charge in [0, 0.05) is 24.2 Å². The van der Waals surface area contributed by atoms with Gasteiger partial charge in [-0.15, -0.1) is 0 Å².